The van der Waals surface area contributed by atoms with E-state index in [9.17, 15) is 0 Å². The second-order valence-corrected chi connectivity index (χ2v) is 12.1. The van der Waals surface area contributed by atoms with Crippen LogP contribution in [-0.4, -0.2) is 24.5 Å². The molecule has 208 valence electrons. The van der Waals surface area contributed by atoms with Gasteiger partial charge in [0.05, 0.1) is 21.3 Å². The summed E-state index contributed by atoms with van der Waals surface area (Å²) in [5.41, 5.74) is 9.81. The van der Waals surface area contributed by atoms with Crippen LogP contribution < -0.4 is 0 Å². The van der Waals surface area contributed by atoms with Gasteiger partial charge < -0.3 is 4.57 Å². The molecule has 0 N–H and O–H groups in total. The van der Waals surface area contributed by atoms with Crippen molar-refractivity contribution >= 4 is 48.7 Å². The van der Waals surface area contributed by atoms with E-state index in [-0.39, 0.29) is 0 Å². The molecule has 0 fully saturated rings. The lowest BCUT2D eigenvalue weighted by Crippen LogP contribution is -2.03. The third-order valence-corrected chi connectivity index (χ3v) is 9.43. The van der Waals surface area contributed by atoms with E-state index in [4.69, 9.17) is 19.9 Å². The minimum atomic E-state index is 0.653. The number of hydrogen-bond acceptors (Lipinski definition) is 5. The summed E-state index contributed by atoms with van der Waals surface area (Å²) in [6, 6.07) is 39.7. The van der Waals surface area contributed by atoms with Crippen LogP contribution in [0.4, 0.5) is 0 Å². The molecule has 0 aliphatic heterocycles. The lowest BCUT2D eigenvalue weighted by molar-refractivity contribution is 0.889. The Morgan fingerprint density at radius 2 is 1.18 bits per heavy atom. The Balaban J connectivity index is 1.19. The third-order valence-electron chi connectivity index (χ3n) is 8.32. The van der Waals surface area contributed by atoms with Gasteiger partial charge in [0.2, 0.25) is 0 Å². The zero-order valence-electron chi connectivity index (χ0n) is 23.7. The molecule has 0 saturated heterocycles. The highest BCUT2D eigenvalue weighted by Crippen LogP contribution is 2.39. The molecule has 0 bridgehead atoms. The van der Waals surface area contributed by atoms with Gasteiger partial charge in [-0.3, -0.25) is 0 Å². The molecular weight excluding hydrogens is 559 g/mol. The first-order valence-corrected chi connectivity index (χ1v) is 15.6. The van der Waals surface area contributed by atoms with Crippen molar-refractivity contribution in [2.75, 3.05) is 0 Å². The smallest absolute Gasteiger partial charge is 0.164 e. The van der Waals surface area contributed by atoms with Crippen LogP contribution in [0.2, 0.25) is 0 Å². The Morgan fingerprint density at radius 1 is 0.568 bits per heavy atom. The molecule has 8 aromatic rings. The van der Waals surface area contributed by atoms with Gasteiger partial charge in [-0.2, -0.15) is 0 Å². The van der Waals surface area contributed by atoms with Crippen LogP contribution in [0.25, 0.3) is 77.3 Å². The summed E-state index contributed by atoms with van der Waals surface area (Å²) in [6.45, 7) is 0. The molecule has 4 heterocycles. The van der Waals surface area contributed by atoms with Gasteiger partial charge in [-0.05, 0) is 49.2 Å². The van der Waals surface area contributed by atoms with E-state index >= 15 is 0 Å². The van der Waals surface area contributed by atoms with Crippen molar-refractivity contribution in [3.8, 4) is 39.9 Å². The first-order valence-electron chi connectivity index (χ1n) is 14.8. The number of allylic oxidation sites excluding steroid dienone is 1. The van der Waals surface area contributed by atoms with E-state index < -0.39 is 0 Å². The molecule has 0 spiro atoms. The minimum absolute atomic E-state index is 0.653. The second kappa shape index (κ2) is 10.1. The Kier molecular flexibility index (Phi) is 5.74. The lowest BCUT2D eigenvalue weighted by atomic mass is 10.0. The summed E-state index contributed by atoms with van der Waals surface area (Å²) in [4.78, 5) is 20.0. The first kappa shape index (κ1) is 25.1. The zero-order chi connectivity index (χ0) is 29.0. The molecule has 1 aliphatic rings. The van der Waals surface area contributed by atoms with Crippen LogP contribution in [0.3, 0.4) is 0 Å². The van der Waals surface area contributed by atoms with Crippen LogP contribution >= 0.6 is 11.3 Å². The van der Waals surface area contributed by atoms with Crippen molar-refractivity contribution in [1.82, 2.24) is 24.5 Å². The van der Waals surface area contributed by atoms with Gasteiger partial charge >= 0.3 is 0 Å². The average Bonchev–Trinajstić information content (AvgIpc) is 3.62. The Morgan fingerprint density at radius 3 is 1.86 bits per heavy atom. The predicted octanol–water partition coefficient (Wildman–Crippen LogP) is 9.54. The number of thiophene rings is 1. The Bertz CT molecular complexity index is 2310. The standard InChI is InChI=1S/C38H25N5S/c1-3-11-24(12-4-1)36-40-37(25-13-5-2-6-14-25)42-38(41-36)26-19-21-27(22-20-26)43-30-17-9-7-15-28(30)34-31(43)23-33-35(39-34)29-16-8-10-18-32(29)44-33/h1-8,10-16,18-23H,9,17H2. The number of hydrogen-bond donors (Lipinski definition) is 0. The minimum Gasteiger partial charge on any atom is -0.311 e. The van der Waals surface area contributed by atoms with E-state index in [2.05, 4.69) is 71.3 Å². The van der Waals surface area contributed by atoms with E-state index in [1.54, 1.807) is 0 Å². The molecule has 1 aliphatic carbocycles. The normalized spacial score (nSPS) is 12.7. The quantitative estimate of drug-likeness (QED) is 0.207. The molecule has 0 unspecified atom stereocenters. The number of pyridine rings is 1. The van der Waals surface area contributed by atoms with Crippen LogP contribution in [0.15, 0.2) is 121 Å². The van der Waals surface area contributed by atoms with Crippen molar-refractivity contribution < 1.29 is 0 Å². The van der Waals surface area contributed by atoms with E-state index in [1.807, 2.05) is 72.0 Å². The summed E-state index contributed by atoms with van der Waals surface area (Å²) in [6.07, 6.45) is 6.52. The zero-order valence-corrected chi connectivity index (χ0v) is 24.5. The summed E-state index contributed by atoms with van der Waals surface area (Å²) in [5.74, 6) is 1.98. The largest absolute Gasteiger partial charge is 0.311 e. The third kappa shape index (κ3) is 4.07. The van der Waals surface area contributed by atoms with Crippen molar-refractivity contribution in [1.29, 1.82) is 0 Å². The van der Waals surface area contributed by atoms with E-state index in [0.717, 1.165) is 51.8 Å². The van der Waals surface area contributed by atoms with Crippen molar-refractivity contribution in [3.63, 3.8) is 0 Å². The van der Waals surface area contributed by atoms with Crippen LogP contribution in [-0.2, 0) is 6.42 Å². The predicted molar refractivity (Wildman–Crippen MR) is 181 cm³/mol. The molecule has 0 saturated carbocycles. The average molecular weight is 584 g/mol. The maximum absolute atomic E-state index is 5.28. The molecule has 9 rings (SSSR count). The SMILES string of the molecule is C1=Cc2c(n(-c3ccc(-c4nc(-c5ccccc5)nc(-c5ccccc5)n4)cc3)c3cc4sc5ccccc5c4nc23)CC1. The van der Waals surface area contributed by atoms with Gasteiger partial charge in [0.25, 0.3) is 0 Å². The Hall–Kier alpha value is -5.46. The van der Waals surface area contributed by atoms with Crippen molar-refractivity contribution in [2.45, 2.75) is 12.8 Å². The highest BCUT2D eigenvalue weighted by Gasteiger charge is 2.22. The maximum Gasteiger partial charge on any atom is 0.164 e. The van der Waals surface area contributed by atoms with Gasteiger partial charge in [0.1, 0.15) is 0 Å². The number of fused-ring (bicyclic) bond motifs is 6. The molecule has 0 amide bonds. The number of rotatable bonds is 4. The van der Waals surface area contributed by atoms with Crippen LogP contribution in [0.1, 0.15) is 17.7 Å². The van der Waals surface area contributed by atoms with Gasteiger partial charge in [-0.25, -0.2) is 19.9 Å². The van der Waals surface area contributed by atoms with Gasteiger partial charge in [0.15, 0.2) is 17.5 Å². The second-order valence-electron chi connectivity index (χ2n) is 11.0. The molecule has 4 aromatic carbocycles. The maximum atomic E-state index is 5.28. The molecule has 5 nitrogen and oxygen atoms in total. The monoisotopic (exact) mass is 583 g/mol. The molecule has 0 atom stereocenters. The summed E-state index contributed by atoms with van der Waals surface area (Å²) in [5, 5.41) is 1.22. The topological polar surface area (TPSA) is 56.5 Å². The highest BCUT2D eigenvalue weighted by atomic mass is 32.1. The molecule has 4 aromatic heterocycles. The fourth-order valence-electron chi connectivity index (χ4n) is 6.23. The fraction of sp³-hybridized carbons (Fsp3) is 0.0526. The first-order chi connectivity index (χ1) is 21.8. The fourth-order valence-corrected chi connectivity index (χ4v) is 7.31. The van der Waals surface area contributed by atoms with E-state index in [1.165, 1.54) is 26.0 Å². The van der Waals surface area contributed by atoms with Crippen molar-refractivity contribution in [3.05, 3.63) is 133 Å². The summed E-state index contributed by atoms with van der Waals surface area (Å²) in [7, 11) is 0. The van der Waals surface area contributed by atoms with Crippen molar-refractivity contribution in [2.24, 2.45) is 0 Å². The molecular formula is C38H25N5S. The van der Waals surface area contributed by atoms with E-state index in [0.29, 0.717) is 17.5 Å². The van der Waals surface area contributed by atoms with Crippen LogP contribution in [0.5, 0.6) is 0 Å². The van der Waals surface area contributed by atoms with Gasteiger partial charge in [-0.15, -0.1) is 11.3 Å². The number of nitrogens with zero attached hydrogens (tertiary/aromatic N) is 5. The lowest BCUT2D eigenvalue weighted by Gasteiger charge is -2.14. The van der Waals surface area contributed by atoms with Crippen LogP contribution in [0, 0.1) is 0 Å². The highest BCUT2D eigenvalue weighted by molar-refractivity contribution is 7.25. The van der Waals surface area contributed by atoms with Gasteiger partial charge in [-0.1, -0.05) is 91.0 Å². The number of benzene rings is 4. The van der Waals surface area contributed by atoms with Gasteiger partial charge in [0, 0.05) is 43.7 Å². The molecule has 6 heteroatoms. The summed E-state index contributed by atoms with van der Waals surface area (Å²) < 4.78 is 4.87. The Labute approximate surface area is 257 Å². The number of aromatic nitrogens is 5. The molecule has 44 heavy (non-hydrogen) atoms. The summed E-state index contributed by atoms with van der Waals surface area (Å²) >= 11 is 1.81. The molecule has 0 radical (unpaired) electrons.